The Kier molecular flexibility index (Phi) is 2.76. The number of thiophene rings is 1. The van der Waals surface area contributed by atoms with Crippen LogP contribution in [0.4, 0.5) is 3.89 Å². The maximum absolute atomic E-state index is 12.9. The Labute approximate surface area is 95.8 Å². The lowest BCUT2D eigenvalue weighted by Gasteiger charge is -2.02. The van der Waals surface area contributed by atoms with Crippen molar-refractivity contribution in [2.75, 3.05) is 0 Å². The van der Waals surface area contributed by atoms with Crippen molar-refractivity contribution in [3.63, 3.8) is 0 Å². The number of halogens is 1. The van der Waals surface area contributed by atoms with E-state index in [-0.39, 0.29) is 6.54 Å². The van der Waals surface area contributed by atoms with E-state index in [0.717, 1.165) is 5.56 Å². The van der Waals surface area contributed by atoms with Crippen LogP contribution in [0, 0.1) is 0 Å². The van der Waals surface area contributed by atoms with Crippen molar-refractivity contribution >= 4 is 21.6 Å². The molecule has 0 aliphatic heterocycles. The minimum absolute atomic E-state index is 0.288. The summed E-state index contributed by atoms with van der Waals surface area (Å²) in [7, 11) is -4.82. The van der Waals surface area contributed by atoms with E-state index < -0.39 is 15.4 Å². The van der Waals surface area contributed by atoms with Crippen LogP contribution in [0.1, 0.15) is 6.92 Å². The van der Waals surface area contributed by atoms with Crippen LogP contribution in [-0.4, -0.2) is 23.2 Å². The first kappa shape index (κ1) is 11.2. The molecule has 0 saturated carbocycles. The molecule has 0 radical (unpaired) electrons. The first-order chi connectivity index (χ1) is 7.54. The second-order valence-electron chi connectivity index (χ2n) is 3.00. The fourth-order valence-electron chi connectivity index (χ4n) is 1.36. The number of rotatable bonds is 3. The van der Waals surface area contributed by atoms with Crippen LogP contribution in [0.3, 0.4) is 0 Å². The fraction of sp³-hybridized carbons (Fsp3) is 0.250. The topological polar surface area (TPSA) is 64.8 Å². The van der Waals surface area contributed by atoms with E-state index in [4.69, 9.17) is 0 Å². The highest BCUT2D eigenvalue weighted by Crippen LogP contribution is 2.23. The number of aromatic nitrogens is 3. The van der Waals surface area contributed by atoms with E-state index in [1.54, 1.807) is 18.4 Å². The molecule has 2 rings (SSSR count). The average molecular weight is 261 g/mol. The Morgan fingerprint density at radius 2 is 2.25 bits per heavy atom. The molecule has 0 fully saturated rings. The third-order valence-electron chi connectivity index (χ3n) is 2.03. The Hall–Kier alpha value is -1.28. The highest BCUT2D eigenvalue weighted by atomic mass is 32.3. The van der Waals surface area contributed by atoms with Gasteiger partial charge in [-0.3, -0.25) is 4.57 Å². The molecule has 0 atom stereocenters. The Bertz CT molecular complexity index is 589. The van der Waals surface area contributed by atoms with Gasteiger partial charge in [-0.25, -0.2) is 0 Å². The van der Waals surface area contributed by atoms with Crippen molar-refractivity contribution in [3.8, 4) is 11.4 Å². The molecule has 0 bridgehead atoms. The molecule has 16 heavy (non-hydrogen) atoms. The van der Waals surface area contributed by atoms with E-state index in [2.05, 4.69) is 10.2 Å². The molecule has 2 aromatic heterocycles. The summed E-state index contributed by atoms with van der Waals surface area (Å²) >= 11 is 1.45. The molecule has 0 N–H and O–H groups in total. The quantitative estimate of drug-likeness (QED) is 0.789. The monoisotopic (exact) mass is 261 g/mol. The first-order valence-corrected chi connectivity index (χ1v) is 6.77. The third kappa shape index (κ3) is 1.85. The predicted molar refractivity (Wildman–Crippen MR) is 57.3 cm³/mol. The Morgan fingerprint density at radius 1 is 1.50 bits per heavy atom. The van der Waals surface area contributed by atoms with E-state index in [1.807, 2.05) is 5.38 Å². The van der Waals surface area contributed by atoms with Crippen LogP contribution < -0.4 is 0 Å². The standard InChI is InChI=1S/C8H8FN3O2S2/c1-2-12-7(6-3-4-15-5-6)10-11-8(12)16(9,13)14/h3-5H,2H2,1H3. The van der Waals surface area contributed by atoms with E-state index >= 15 is 0 Å². The van der Waals surface area contributed by atoms with Crippen LogP contribution in [-0.2, 0) is 16.8 Å². The van der Waals surface area contributed by atoms with Gasteiger partial charge in [0.15, 0.2) is 5.82 Å². The van der Waals surface area contributed by atoms with Crippen molar-refractivity contribution in [2.24, 2.45) is 0 Å². The van der Waals surface area contributed by atoms with Crippen LogP contribution >= 0.6 is 11.3 Å². The Balaban J connectivity index is 2.63. The molecular formula is C8H8FN3O2S2. The summed E-state index contributed by atoms with van der Waals surface area (Å²) in [6.45, 7) is 1.99. The van der Waals surface area contributed by atoms with Gasteiger partial charge in [0.1, 0.15) is 0 Å². The van der Waals surface area contributed by atoms with Gasteiger partial charge in [-0.05, 0) is 18.4 Å². The number of hydrogen-bond acceptors (Lipinski definition) is 5. The summed E-state index contributed by atoms with van der Waals surface area (Å²) in [5.41, 5.74) is 0.731. The van der Waals surface area contributed by atoms with Crippen molar-refractivity contribution in [2.45, 2.75) is 18.6 Å². The molecule has 86 valence electrons. The van der Waals surface area contributed by atoms with Crippen LogP contribution in [0.5, 0.6) is 0 Å². The first-order valence-electron chi connectivity index (χ1n) is 4.44. The molecule has 0 aliphatic rings. The van der Waals surface area contributed by atoms with Crippen molar-refractivity contribution in [1.82, 2.24) is 14.8 Å². The SMILES string of the molecule is CCn1c(-c2ccsc2)nnc1S(=O)(=O)F. The van der Waals surface area contributed by atoms with Crippen molar-refractivity contribution < 1.29 is 12.3 Å². The van der Waals surface area contributed by atoms with Gasteiger partial charge < -0.3 is 0 Å². The van der Waals surface area contributed by atoms with Gasteiger partial charge in [-0.1, -0.05) is 3.89 Å². The highest BCUT2D eigenvalue weighted by molar-refractivity contribution is 7.86. The zero-order chi connectivity index (χ0) is 11.8. The van der Waals surface area contributed by atoms with Crippen LogP contribution in [0.2, 0.25) is 0 Å². The van der Waals surface area contributed by atoms with Gasteiger partial charge in [-0.15, -0.1) is 10.2 Å². The molecule has 0 saturated heterocycles. The largest absolute Gasteiger partial charge is 0.368 e. The molecule has 2 aromatic rings. The second kappa shape index (κ2) is 3.95. The lowest BCUT2D eigenvalue weighted by molar-refractivity contribution is 0.527. The summed E-state index contributed by atoms with van der Waals surface area (Å²) in [6, 6.07) is 1.77. The minimum Gasteiger partial charge on any atom is -0.296 e. The molecule has 8 heteroatoms. The van der Waals surface area contributed by atoms with E-state index in [0.29, 0.717) is 5.82 Å². The summed E-state index contributed by atoms with van der Waals surface area (Å²) in [6.07, 6.45) is 0. The summed E-state index contributed by atoms with van der Waals surface area (Å²) in [5, 5.41) is 10.0. The smallest absolute Gasteiger partial charge is 0.296 e. The maximum atomic E-state index is 12.9. The normalized spacial score (nSPS) is 11.9. The number of hydrogen-bond donors (Lipinski definition) is 0. The van der Waals surface area contributed by atoms with Crippen LogP contribution in [0.15, 0.2) is 22.0 Å². The fourth-order valence-corrected chi connectivity index (χ4v) is 2.61. The predicted octanol–water partition coefficient (Wildman–Crippen LogP) is 1.68. The molecule has 0 aromatic carbocycles. The van der Waals surface area contributed by atoms with Gasteiger partial charge in [0.05, 0.1) is 0 Å². The maximum Gasteiger partial charge on any atom is 0.368 e. The molecule has 2 heterocycles. The lowest BCUT2D eigenvalue weighted by atomic mass is 10.3. The van der Waals surface area contributed by atoms with Gasteiger partial charge in [0.2, 0.25) is 0 Å². The van der Waals surface area contributed by atoms with Gasteiger partial charge in [0.25, 0.3) is 5.16 Å². The molecular weight excluding hydrogens is 253 g/mol. The molecule has 0 unspecified atom stereocenters. The average Bonchev–Trinajstić information content (AvgIpc) is 2.84. The molecule has 0 amide bonds. The minimum atomic E-state index is -4.82. The Morgan fingerprint density at radius 3 is 2.75 bits per heavy atom. The van der Waals surface area contributed by atoms with Crippen molar-refractivity contribution in [1.29, 1.82) is 0 Å². The zero-order valence-corrected chi connectivity index (χ0v) is 9.92. The number of nitrogens with zero attached hydrogens (tertiary/aromatic N) is 3. The highest BCUT2D eigenvalue weighted by Gasteiger charge is 2.23. The summed E-state index contributed by atoms with van der Waals surface area (Å²) in [4.78, 5) is 0. The molecule has 0 spiro atoms. The second-order valence-corrected chi connectivity index (χ2v) is 5.02. The molecule has 0 aliphatic carbocycles. The summed E-state index contributed by atoms with van der Waals surface area (Å²) < 4.78 is 35.7. The van der Waals surface area contributed by atoms with E-state index in [1.165, 1.54) is 15.9 Å². The third-order valence-corrected chi connectivity index (χ3v) is 3.45. The zero-order valence-electron chi connectivity index (χ0n) is 8.29. The van der Waals surface area contributed by atoms with E-state index in [9.17, 15) is 12.3 Å². The van der Waals surface area contributed by atoms with Gasteiger partial charge in [0, 0.05) is 17.5 Å². The lowest BCUT2D eigenvalue weighted by Crippen LogP contribution is -2.06. The van der Waals surface area contributed by atoms with Gasteiger partial charge >= 0.3 is 10.2 Å². The summed E-state index contributed by atoms with van der Waals surface area (Å²) in [5.74, 6) is 0.361. The molecule has 5 nitrogen and oxygen atoms in total. The van der Waals surface area contributed by atoms with Gasteiger partial charge in [-0.2, -0.15) is 19.8 Å². The van der Waals surface area contributed by atoms with Crippen LogP contribution in [0.25, 0.3) is 11.4 Å². The van der Waals surface area contributed by atoms with Crippen molar-refractivity contribution in [3.05, 3.63) is 16.8 Å².